The molecule has 1 atom stereocenters. The third-order valence-corrected chi connectivity index (χ3v) is 5.21. The fourth-order valence-electron chi connectivity index (χ4n) is 3.75. The zero-order valence-corrected chi connectivity index (χ0v) is 16.8. The Bertz CT molecular complexity index is 1090. The summed E-state index contributed by atoms with van der Waals surface area (Å²) in [5, 5.41) is 5.99. The minimum Gasteiger partial charge on any atom is -0.454 e. The van der Waals surface area contributed by atoms with E-state index in [1.807, 2.05) is 36.4 Å². The summed E-state index contributed by atoms with van der Waals surface area (Å²) in [5.74, 6) is 2.78. The van der Waals surface area contributed by atoms with E-state index in [9.17, 15) is 4.79 Å². The summed E-state index contributed by atoms with van der Waals surface area (Å²) in [6.45, 7) is 0.433. The molecule has 0 fully saturated rings. The number of fused-ring (bicyclic) bond motifs is 2. The third kappa shape index (κ3) is 4.50. The summed E-state index contributed by atoms with van der Waals surface area (Å²) < 4.78 is 21.6. The topological polar surface area (TPSA) is 78.1 Å². The highest BCUT2D eigenvalue weighted by Gasteiger charge is 2.19. The highest BCUT2D eigenvalue weighted by atomic mass is 16.7. The Kier molecular flexibility index (Phi) is 5.22. The first-order valence-electron chi connectivity index (χ1n) is 10.1. The Hall–Kier alpha value is -3.87. The summed E-state index contributed by atoms with van der Waals surface area (Å²) >= 11 is 0. The van der Waals surface area contributed by atoms with Crippen LogP contribution in [0.5, 0.6) is 23.0 Å². The Morgan fingerprint density at radius 2 is 1.39 bits per heavy atom. The van der Waals surface area contributed by atoms with Crippen LogP contribution in [0.2, 0.25) is 0 Å². The predicted octanol–water partition coefficient (Wildman–Crippen LogP) is 4.12. The number of nitrogens with one attached hydrogen (secondary N) is 2. The van der Waals surface area contributed by atoms with Crippen molar-refractivity contribution < 1.29 is 23.7 Å². The van der Waals surface area contributed by atoms with Crippen molar-refractivity contribution in [2.45, 2.75) is 18.9 Å². The van der Waals surface area contributed by atoms with Gasteiger partial charge in [-0.25, -0.2) is 4.79 Å². The molecular weight excluding hydrogens is 396 g/mol. The van der Waals surface area contributed by atoms with E-state index < -0.39 is 0 Å². The number of carbonyl (C=O) groups is 1. The van der Waals surface area contributed by atoms with Crippen LogP contribution < -0.4 is 29.6 Å². The maximum Gasteiger partial charge on any atom is 0.319 e. The van der Waals surface area contributed by atoms with Gasteiger partial charge < -0.3 is 29.6 Å². The zero-order valence-electron chi connectivity index (χ0n) is 16.8. The lowest BCUT2D eigenvalue weighted by Gasteiger charge is -2.20. The van der Waals surface area contributed by atoms with Gasteiger partial charge in [-0.1, -0.05) is 36.4 Å². The van der Waals surface area contributed by atoms with E-state index in [1.165, 1.54) is 0 Å². The Morgan fingerprint density at radius 1 is 0.742 bits per heavy atom. The van der Waals surface area contributed by atoms with Gasteiger partial charge in [-0.05, 0) is 48.2 Å². The molecule has 2 heterocycles. The third-order valence-electron chi connectivity index (χ3n) is 5.21. The molecule has 158 valence electrons. The first-order valence-corrected chi connectivity index (χ1v) is 10.1. The highest BCUT2D eigenvalue weighted by Crippen LogP contribution is 2.34. The van der Waals surface area contributed by atoms with Gasteiger partial charge in [-0.2, -0.15) is 0 Å². The normalized spacial score (nSPS) is 14.2. The molecule has 31 heavy (non-hydrogen) atoms. The second-order valence-electron chi connectivity index (χ2n) is 7.44. The quantitative estimate of drug-likeness (QED) is 0.630. The van der Waals surface area contributed by atoms with Gasteiger partial charge in [0, 0.05) is 17.8 Å². The van der Waals surface area contributed by atoms with Crippen LogP contribution in [0.1, 0.15) is 11.1 Å². The maximum absolute atomic E-state index is 12.8. The number of amides is 2. The van der Waals surface area contributed by atoms with E-state index >= 15 is 0 Å². The van der Waals surface area contributed by atoms with Crippen LogP contribution in [0.25, 0.3) is 0 Å². The van der Waals surface area contributed by atoms with Crippen molar-refractivity contribution in [1.29, 1.82) is 0 Å². The fraction of sp³-hybridized carbons (Fsp3) is 0.208. The molecule has 3 aromatic carbocycles. The van der Waals surface area contributed by atoms with E-state index in [2.05, 4.69) is 22.8 Å². The average Bonchev–Trinajstić information content (AvgIpc) is 3.42. The summed E-state index contributed by atoms with van der Waals surface area (Å²) in [5.41, 5.74) is 2.86. The van der Waals surface area contributed by atoms with Crippen molar-refractivity contribution in [3.05, 3.63) is 77.9 Å². The van der Waals surface area contributed by atoms with Gasteiger partial charge in [0.1, 0.15) is 0 Å². The largest absolute Gasteiger partial charge is 0.454 e. The molecule has 2 amide bonds. The summed E-state index contributed by atoms with van der Waals surface area (Å²) in [7, 11) is 0. The van der Waals surface area contributed by atoms with Gasteiger partial charge in [0.05, 0.1) is 0 Å². The molecule has 0 aliphatic carbocycles. The van der Waals surface area contributed by atoms with Crippen LogP contribution in [-0.2, 0) is 12.8 Å². The number of rotatable bonds is 6. The molecule has 0 saturated heterocycles. The number of hydrogen-bond donors (Lipinski definition) is 2. The lowest BCUT2D eigenvalue weighted by Crippen LogP contribution is -2.40. The van der Waals surface area contributed by atoms with Crippen LogP contribution in [0, 0.1) is 0 Å². The van der Waals surface area contributed by atoms with Crippen LogP contribution in [-0.4, -0.2) is 25.7 Å². The monoisotopic (exact) mass is 418 g/mol. The Labute approximate surface area is 179 Å². The van der Waals surface area contributed by atoms with E-state index in [0.29, 0.717) is 30.0 Å². The molecular formula is C24H22N2O5. The standard InChI is InChI=1S/C24H22N2O5/c27-24(25-18-7-9-21-23(13-18)31-15-29-21)26-19(10-16-4-2-1-3-5-16)11-17-6-8-20-22(12-17)30-14-28-20/h1-9,12-13,19H,10-11,14-15H2,(H2,25,26,27)/t19-/m1/s1. The van der Waals surface area contributed by atoms with Gasteiger partial charge in [0.2, 0.25) is 13.6 Å². The fourth-order valence-corrected chi connectivity index (χ4v) is 3.75. The van der Waals surface area contributed by atoms with E-state index in [-0.39, 0.29) is 25.7 Å². The summed E-state index contributed by atoms with van der Waals surface area (Å²) in [6.07, 6.45) is 1.35. The molecule has 2 aliphatic heterocycles. The number of hydrogen-bond acceptors (Lipinski definition) is 5. The average molecular weight is 418 g/mol. The summed E-state index contributed by atoms with van der Waals surface area (Å²) in [4.78, 5) is 12.8. The lowest BCUT2D eigenvalue weighted by molar-refractivity contribution is 0.173. The molecule has 0 bridgehead atoms. The van der Waals surface area contributed by atoms with Crippen molar-refractivity contribution in [2.75, 3.05) is 18.9 Å². The number of benzene rings is 3. The zero-order chi connectivity index (χ0) is 21.0. The van der Waals surface area contributed by atoms with E-state index in [4.69, 9.17) is 18.9 Å². The van der Waals surface area contributed by atoms with Gasteiger partial charge in [-0.15, -0.1) is 0 Å². The first kappa shape index (κ1) is 19.1. The first-order chi connectivity index (χ1) is 15.2. The Morgan fingerprint density at radius 3 is 2.16 bits per heavy atom. The van der Waals surface area contributed by atoms with Crippen LogP contribution in [0.15, 0.2) is 66.7 Å². The molecule has 0 saturated carbocycles. The van der Waals surface area contributed by atoms with Crippen molar-refractivity contribution in [3.63, 3.8) is 0 Å². The van der Waals surface area contributed by atoms with Crippen LogP contribution in [0.3, 0.4) is 0 Å². The van der Waals surface area contributed by atoms with Crippen LogP contribution >= 0.6 is 0 Å². The van der Waals surface area contributed by atoms with E-state index in [0.717, 1.165) is 22.6 Å². The molecule has 5 rings (SSSR count). The van der Waals surface area contributed by atoms with Crippen LogP contribution in [0.4, 0.5) is 10.5 Å². The van der Waals surface area contributed by atoms with Gasteiger partial charge in [-0.3, -0.25) is 0 Å². The molecule has 7 heteroatoms. The van der Waals surface area contributed by atoms with Crippen molar-refractivity contribution in [2.24, 2.45) is 0 Å². The van der Waals surface area contributed by atoms with Gasteiger partial charge in [0.25, 0.3) is 0 Å². The highest BCUT2D eigenvalue weighted by molar-refractivity contribution is 5.90. The predicted molar refractivity (Wildman–Crippen MR) is 115 cm³/mol. The van der Waals surface area contributed by atoms with E-state index in [1.54, 1.807) is 18.2 Å². The van der Waals surface area contributed by atoms with Crippen molar-refractivity contribution in [1.82, 2.24) is 5.32 Å². The second-order valence-corrected chi connectivity index (χ2v) is 7.44. The molecule has 3 aromatic rings. The van der Waals surface area contributed by atoms with Gasteiger partial charge in [0.15, 0.2) is 23.0 Å². The number of urea groups is 1. The smallest absolute Gasteiger partial charge is 0.319 e. The molecule has 0 unspecified atom stereocenters. The minimum atomic E-state index is -0.277. The van der Waals surface area contributed by atoms with Crippen molar-refractivity contribution in [3.8, 4) is 23.0 Å². The molecule has 0 spiro atoms. The SMILES string of the molecule is O=C(Nc1ccc2c(c1)OCO2)N[C@H](Cc1ccccc1)Cc1ccc2c(c1)OCO2. The van der Waals surface area contributed by atoms with Gasteiger partial charge >= 0.3 is 6.03 Å². The number of carbonyl (C=O) groups excluding carboxylic acids is 1. The maximum atomic E-state index is 12.8. The lowest BCUT2D eigenvalue weighted by atomic mass is 9.98. The number of anilines is 1. The Balaban J connectivity index is 1.29. The summed E-state index contributed by atoms with van der Waals surface area (Å²) in [6, 6.07) is 20.9. The molecule has 0 radical (unpaired) electrons. The molecule has 0 aromatic heterocycles. The molecule has 2 aliphatic rings. The second kappa shape index (κ2) is 8.47. The number of ether oxygens (including phenoxy) is 4. The molecule has 2 N–H and O–H groups in total. The van der Waals surface area contributed by atoms with Crippen molar-refractivity contribution >= 4 is 11.7 Å². The minimum absolute atomic E-state index is 0.114. The molecule has 7 nitrogen and oxygen atoms in total.